The predicted molar refractivity (Wildman–Crippen MR) is 125 cm³/mol. The molecule has 2 amide bonds. The number of nitrogens with one attached hydrogen (secondary N) is 1. The minimum absolute atomic E-state index is 0.0288. The number of aryl methyl sites for hydroxylation is 2. The first kappa shape index (κ1) is 23.3. The van der Waals surface area contributed by atoms with Crippen LogP contribution in [-0.2, 0) is 9.59 Å². The molecule has 7 nitrogen and oxygen atoms in total. The zero-order chi connectivity index (χ0) is 22.6. The van der Waals surface area contributed by atoms with Crippen molar-refractivity contribution in [2.75, 3.05) is 38.5 Å². The Bertz CT molecular complexity index is 906. The average molecular weight is 444 g/mol. The van der Waals surface area contributed by atoms with E-state index in [2.05, 4.69) is 47.2 Å². The summed E-state index contributed by atoms with van der Waals surface area (Å²) in [6.45, 7) is 13.2. The van der Waals surface area contributed by atoms with Gasteiger partial charge in [-0.15, -0.1) is 0 Å². The van der Waals surface area contributed by atoms with Gasteiger partial charge in [-0.25, -0.2) is 4.98 Å². The number of nitrogens with zero attached hydrogens (tertiary/aromatic N) is 4. The summed E-state index contributed by atoms with van der Waals surface area (Å²) in [6, 6.07) is 6.38. The quantitative estimate of drug-likeness (QED) is 0.695. The van der Waals surface area contributed by atoms with Crippen molar-refractivity contribution >= 4 is 23.6 Å². The van der Waals surface area contributed by atoms with Gasteiger partial charge in [0.1, 0.15) is 0 Å². The molecule has 0 aliphatic carbocycles. The van der Waals surface area contributed by atoms with Gasteiger partial charge >= 0.3 is 0 Å². The molecule has 0 unspecified atom stereocenters. The highest BCUT2D eigenvalue weighted by Crippen LogP contribution is 2.22. The van der Waals surface area contributed by atoms with Crippen LogP contribution >= 0.6 is 11.8 Å². The average Bonchev–Trinajstić information content (AvgIpc) is 3.13. The Hall–Kier alpha value is -2.32. The zero-order valence-electron chi connectivity index (χ0n) is 19.1. The highest BCUT2D eigenvalue weighted by molar-refractivity contribution is 7.99. The molecule has 2 aromatic rings. The summed E-state index contributed by atoms with van der Waals surface area (Å²) in [5, 5.41) is 3.80. The van der Waals surface area contributed by atoms with E-state index in [4.69, 9.17) is 0 Å². The number of hydrogen-bond acceptors (Lipinski definition) is 5. The van der Waals surface area contributed by atoms with Crippen LogP contribution in [0.15, 0.2) is 35.7 Å². The van der Waals surface area contributed by atoms with Gasteiger partial charge in [-0.3, -0.25) is 19.1 Å². The van der Waals surface area contributed by atoms with E-state index >= 15 is 0 Å². The number of carbonyl (C=O) groups excluding carboxylic acids is 2. The summed E-state index contributed by atoms with van der Waals surface area (Å²) < 4.78 is 2.03. The number of benzene rings is 1. The molecule has 1 saturated heterocycles. The van der Waals surface area contributed by atoms with Crippen LogP contribution in [0, 0.1) is 13.8 Å². The van der Waals surface area contributed by atoms with Crippen LogP contribution < -0.4 is 5.32 Å². The number of aromatic nitrogens is 2. The molecule has 1 aliphatic heterocycles. The predicted octanol–water partition coefficient (Wildman–Crippen LogP) is 2.64. The summed E-state index contributed by atoms with van der Waals surface area (Å²) >= 11 is 1.46. The third-order valence-electron chi connectivity index (χ3n) is 5.02. The largest absolute Gasteiger partial charge is 0.350 e. The molecule has 1 aromatic carbocycles. The highest BCUT2D eigenvalue weighted by atomic mass is 32.2. The second-order valence-electron chi connectivity index (χ2n) is 9.17. The number of carbonyl (C=O) groups is 2. The molecule has 168 valence electrons. The first-order valence-corrected chi connectivity index (χ1v) is 11.7. The lowest BCUT2D eigenvalue weighted by molar-refractivity contribution is -0.130. The Balaban J connectivity index is 1.50. The first-order valence-electron chi connectivity index (χ1n) is 10.7. The molecule has 0 bridgehead atoms. The molecular formula is C23H33N5O2S. The molecule has 1 fully saturated rings. The topological polar surface area (TPSA) is 70.5 Å². The maximum Gasteiger partial charge on any atom is 0.234 e. The number of amides is 2. The van der Waals surface area contributed by atoms with Crippen molar-refractivity contribution in [1.82, 2.24) is 24.7 Å². The molecule has 0 saturated carbocycles. The van der Waals surface area contributed by atoms with Gasteiger partial charge in [0, 0.05) is 49.8 Å². The van der Waals surface area contributed by atoms with E-state index in [1.165, 1.54) is 22.9 Å². The van der Waals surface area contributed by atoms with Gasteiger partial charge in [0.25, 0.3) is 0 Å². The number of piperazine rings is 1. The van der Waals surface area contributed by atoms with Crippen molar-refractivity contribution in [3.05, 3.63) is 41.7 Å². The van der Waals surface area contributed by atoms with Crippen molar-refractivity contribution in [1.29, 1.82) is 0 Å². The lowest BCUT2D eigenvalue weighted by Crippen LogP contribution is -2.53. The van der Waals surface area contributed by atoms with E-state index in [1.54, 1.807) is 6.20 Å². The normalized spacial score (nSPS) is 15.2. The van der Waals surface area contributed by atoms with Crippen molar-refractivity contribution < 1.29 is 9.59 Å². The lowest BCUT2D eigenvalue weighted by atomic mass is 10.1. The molecule has 8 heteroatoms. The Labute approximate surface area is 189 Å². The zero-order valence-corrected chi connectivity index (χ0v) is 20.0. The number of hydrogen-bond donors (Lipinski definition) is 1. The standard InChI is InChI=1S/C23H33N5O2S/c1-17-12-18(2)14-19(13-17)28-7-6-24-22(28)31-16-21(30)27-10-8-26(9-11-27)15-20(29)25-23(3,4)5/h6-7,12-14H,8-11,15-16H2,1-5H3,(H,25,29). The van der Waals surface area contributed by atoms with Crippen LogP contribution in [0.5, 0.6) is 0 Å². The van der Waals surface area contributed by atoms with Crippen molar-refractivity contribution in [3.8, 4) is 5.69 Å². The van der Waals surface area contributed by atoms with E-state index < -0.39 is 0 Å². The third kappa shape index (κ3) is 6.83. The van der Waals surface area contributed by atoms with Gasteiger partial charge < -0.3 is 10.2 Å². The fourth-order valence-electron chi connectivity index (χ4n) is 3.72. The van der Waals surface area contributed by atoms with Crippen LogP contribution in [0.25, 0.3) is 5.69 Å². The van der Waals surface area contributed by atoms with Gasteiger partial charge in [-0.05, 0) is 57.9 Å². The SMILES string of the molecule is Cc1cc(C)cc(-n2ccnc2SCC(=O)N2CCN(CC(=O)NC(C)(C)C)CC2)c1. The van der Waals surface area contributed by atoms with Crippen LogP contribution in [0.2, 0.25) is 0 Å². The maximum absolute atomic E-state index is 12.7. The maximum atomic E-state index is 12.7. The summed E-state index contributed by atoms with van der Waals surface area (Å²) in [7, 11) is 0. The minimum Gasteiger partial charge on any atom is -0.350 e. The van der Waals surface area contributed by atoms with Crippen LogP contribution in [-0.4, -0.2) is 75.2 Å². The lowest BCUT2D eigenvalue weighted by Gasteiger charge is -2.34. The molecule has 1 N–H and O–H groups in total. The Kier molecular flexibility index (Phi) is 7.43. The summed E-state index contributed by atoms with van der Waals surface area (Å²) in [6.07, 6.45) is 3.70. The summed E-state index contributed by atoms with van der Waals surface area (Å²) in [5.41, 5.74) is 3.23. The van der Waals surface area contributed by atoms with Gasteiger partial charge in [0.2, 0.25) is 11.8 Å². The second-order valence-corrected chi connectivity index (χ2v) is 10.1. The molecule has 0 spiro atoms. The first-order chi connectivity index (χ1) is 14.6. The van der Waals surface area contributed by atoms with Crippen LogP contribution in [0.3, 0.4) is 0 Å². The number of thioether (sulfide) groups is 1. The van der Waals surface area contributed by atoms with Crippen molar-refractivity contribution in [2.45, 2.75) is 45.3 Å². The second kappa shape index (κ2) is 9.87. The van der Waals surface area contributed by atoms with E-state index in [9.17, 15) is 9.59 Å². The molecule has 0 atom stereocenters. The third-order valence-corrected chi connectivity index (χ3v) is 5.97. The molecule has 31 heavy (non-hydrogen) atoms. The van der Waals surface area contributed by atoms with E-state index in [-0.39, 0.29) is 17.4 Å². The number of imidazole rings is 1. The minimum atomic E-state index is -0.227. The van der Waals surface area contributed by atoms with Crippen molar-refractivity contribution in [2.24, 2.45) is 0 Å². The molecular weight excluding hydrogens is 410 g/mol. The van der Waals surface area contributed by atoms with E-state index in [0.717, 1.165) is 10.8 Å². The molecule has 1 aliphatic rings. The Morgan fingerprint density at radius 3 is 2.32 bits per heavy atom. The monoisotopic (exact) mass is 443 g/mol. The summed E-state index contributed by atoms with van der Waals surface area (Å²) in [4.78, 5) is 33.3. The fourth-order valence-corrected chi connectivity index (χ4v) is 4.59. The van der Waals surface area contributed by atoms with E-state index in [1.807, 2.05) is 36.4 Å². The van der Waals surface area contributed by atoms with Crippen LogP contribution in [0.4, 0.5) is 0 Å². The van der Waals surface area contributed by atoms with Gasteiger partial charge in [-0.1, -0.05) is 17.8 Å². The highest BCUT2D eigenvalue weighted by Gasteiger charge is 2.24. The molecule has 1 aromatic heterocycles. The molecule has 0 radical (unpaired) electrons. The summed E-state index contributed by atoms with van der Waals surface area (Å²) in [5.74, 6) is 0.492. The van der Waals surface area contributed by atoms with E-state index in [0.29, 0.717) is 38.5 Å². The smallest absolute Gasteiger partial charge is 0.234 e. The Morgan fingerprint density at radius 2 is 1.71 bits per heavy atom. The molecule has 3 rings (SSSR count). The van der Waals surface area contributed by atoms with Crippen molar-refractivity contribution in [3.63, 3.8) is 0 Å². The van der Waals surface area contributed by atoms with Crippen LogP contribution in [0.1, 0.15) is 31.9 Å². The van der Waals surface area contributed by atoms with Gasteiger partial charge in [0.15, 0.2) is 5.16 Å². The molecule has 2 heterocycles. The van der Waals surface area contributed by atoms with Gasteiger partial charge in [0.05, 0.1) is 12.3 Å². The fraction of sp³-hybridized carbons (Fsp3) is 0.522. The van der Waals surface area contributed by atoms with Gasteiger partial charge in [-0.2, -0.15) is 0 Å². The Morgan fingerprint density at radius 1 is 1.06 bits per heavy atom. The number of rotatable bonds is 6.